The fourth-order valence-electron chi connectivity index (χ4n) is 5.47. The summed E-state index contributed by atoms with van der Waals surface area (Å²) in [5.74, 6) is 9.29. The predicted octanol–water partition coefficient (Wildman–Crippen LogP) is 7.88. The van der Waals surface area contributed by atoms with E-state index in [1.165, 1.54) is 70.3 Å². The molecule has 2 aliphatic carbocycles. The monoisotopic (exact) mass is 400 g/mol. The lowest BCUT2D eigenvalue weighted by Crippen LogP contribution is -2.25. The highest BCUT2D eigenvalue weighted by molar-refractivity contribution is 5.38. The summed E-state index contributed by atoms with van der Waals surface area (Å²) in [6.45, 7) is 1.84. The van der Waals surface area contributed by atoms with Gasteiger partial charge in [-0.05, 0) is 74.0 Å². The first kappa shape index (κ1) is 22.3. The number of rotatable bonds is 7. The molecule has 0 aromatic heterocycles. The van der Waals surface area contributed by atoms with Crippen LogP contribution in [0.15, 0.2) is 18.2 Å². The molecule has 0 amide bonds. The number of aryl methyl sites for hydroxylation is 1. The van der Waals surface area contributed by atoms with Gasteiger partial charge >= 0.3 is 0 Å². The van der Waals surface area contributed by atoms with Gasteiger partial charge in [-0.1, -0.05) is 63.4 Å². The molecule has 2 fully saturated rings. The van der Waals surface area contributed by atoms with Crippen molar-refractivity contribution in [1.82, 2.24) is 0 Å². The first-order valence-corrected chi connectivity index (χ1v) is 12.1. The van der Waals surface area contributed by atoms with Crippen LogP contribution >= 0.6 is 0 Å². The fraction of sp³-hybridized carbons (Fsp3) is 0.704. The van der Waals surface area contributed by atoms with Crippen LogP contribution < -0.4 is 0 Å². The molecule has 0 nitrogen and oxygen atoms in total. The molecule has 29 heavy (non-hydrogen) atoms. The van der Waals surface area contributed by atoms with E-state index in [-0.39, 0.29) is 12.2 Å². The Balaban J connectivity index is 1.42. The summed E-state index contributed by atoms with van der Waals surface area (Å²) in [6, 6.07) is 4.93. The first-order valence-electron chi connectivity index (χ1n) is 12.1. The van der Waals surface area contributed by atoms with Gasteiger partial charge in [-0.25, -0.2) is 4.39 Å². The number of alkyl halides is 1. The first-order chi connectivity index (χ1) is 14.2. The van der Waals surface area contributed by atoms with Crippen molar-refractivity contribution in [2.75, 3.05) is 6.67 Å². The lowest BCUT2D eigenvalue weighted by molar-refractivity contribution is 0.153. The Hall–Kier alpha value is -1.36. The van der Waals surface area contributed by atoms with Crippen molar-refractivity contribution in [3.8, 4) is 11.8 Å². The maximum atomic E-state index is 14.1. The zero-order valence-electron chi connectivity index (χ0n) is 18.2. The summed E-state index contributed by atoms with van der Waals surface area (Å²) in [6.07, 6.45) is 16.6. The van der Waals surface area contributed by atoms with E-state index in [2.05, 4.69) is 18.8 Å². The summed E-state index contributed by atoms with van der Waals surface area (Å²) in [7, 11) is 0. The van der Waals surface area contributed by atoms with Crippen molar-refractivity contribution in [1.29, 1.82) is 0 Å². The van der Waals surface area contributed by atoms with Gasteiger partial charge in [0.15, 0.2) is 0 Å². The quantitative estimate of drug-likeness (QED) is 0.322. The van der Waals surface area contributed by atoms with E-state index in [1.807, 2.05) is 0 Å². The maximum absolute atomic E-state index is 14.1. The summed E-state index contributed by atoms with van der Waals surface area (Å²) in [5.41, 5.74) is 1.16. The van der Waals surface area contributed by atoms with Crippen LogP contribution in [0.3, 0.4) is 0 Å². The van der Waals surface area contributed by atoms with Crippen LogP contribution in [0.25, 0.3) is 0 Å². The van der Waals surface area contributed by atoms with Crippen molar-refractivity contribution >= 4 is 0 Å². The van der Waals surface area contributed by atoms with E-state index >= 15 is 0 Å². The smallest absolute Gasteiger partial charge is 0.139 e. The molecule has 2 aliphatic rings. The molecule has 0 saturated heterocycles. The molecule has 0 spiro atoms. The van der Waals surface area contributed by atoms with Crippen molar-refractivity contribution in [3.63, 3.8) is 0 Å². The minimum absolute atomic E-state index is 0.273. The largest absolute Gasteiger partial charge is 0.251 e. The summed E-state index contributed by atoms with van der Waals surface area (Å²) in [5, 5.41) is 0. The maximum Gasteiger partial charge on any atom is 0.139 e. The minimum Gasteiger partial charge on any atom is -0.251 e. The van der Waals surface area contributed by atoms with Gasteiger partial charge in [0.2, 0.25) is 0 Å². The van der Waals surface area contributed by atoms with Gasteiger partial charge in [-0.15, -0.1) is 0 Å². The van der Waals surface area contributed by atoms with Crippen LogP contribution in [0.5, 0.6) is 0 Å². The topological polar surface area (TPSA) is 0 Å². The summed E-state index contributed by atoms with van der Waals surface area (Å²) >= 11 is 0. The van der Waals surface area contributed by atoms with E-state index in [9.17, 15) is 8.78 Å². The van der Waals surface area contributed by atoms with Gasteiger partial charge in [0.1, 0.15) is 5.82 Å². The van der Waals surface area contributed by atoms with Crippen molar-refractivity contribution in [3.05, 3.63) is 35.1 Å². The van der Waals surface area contributed by atoms with Crippen LogP contribution in [-0.2, 0) is 6.42 Å². The molecule has 160 valence electrons. The third-order valence-electron chi connectivity index (χ3n) is 7.37. The van der Waals surface area contributed by atoms with E-state index in [0.717, 1.165) is 30.6 Å². The van der Waals surface area contributed by atoms with Gasteiger partial charge < -0.3 is 0 Å². The number of hydrogen-bond acceptors (Lipinski definition) is 0. The van der Waals surface area contributed by atoms with Gasteiger partial charge in [0.25, 0.3) is 0 Å². The van der Waals surface area contributed by atoms with Gasteiger partial charge in [-0.3, -0.25) is 4.39 Å². The molecule has 0 N–H and O–H groups in total. The summed E-state index contributed by atoms with van der Waals surface area (Å²) in [4.78, 5) is 0. The molecular formula is C27H38F2. The van der Waals surface area contributed by atoms with E-state index in [0.29, 0.717) is 17.0 Å². The third kappa shape index (κ3) is 6.84. The number of benzene rings is 1. The standard InChI is InChI=1S/C27H38F2/c1-2-3-4-5-21-6-12-24(13-7-21)25-14-8-22(9-15-25)10-16-26-17-11-23(18-19-28)20-27(26)29/h11,17,20-22,24-25H,2-9,12-15,18-19H2,1H3. The molecule has 0 radical (unpaired) electrons. The SMILES string of the molecule is CCCCCC1CCC(C2CCC(C#Cc3ccc(CCF)cc3F)CC2)CC1. The Morgan fingerprint density at radius 2 is 1.62 bits per heavy atom. The van der Waals surface area contributed by atoms with Crippen molar-refractivity contribution < 1.29 is 8.78 Å². The lowest BCUT2D eigenvalue weighted by atomic mass is 9.69. The van der Waals surface area contributed by atoms with Crippen LogP contribution in [-0.4, -0.2) is 6.67 Å². The number of halogens is 2. The predicted molar refractivity (Wildman–Crippen MR) is 118 cm³/mol. The Kier molecular flexibility index (Phi) is 9.03. The average Bonchev–Trinajstić information content (AvgIpc) is 2.75. The van der Waals surface area contributed by atoms with Crippen LogP contribution in [0, 0.1) is 41.3 Å². The normalized spacial score (nSPS) is 27.3. The van der Waals surface area contributed by atoms with Crippen molar-refractivity contribution in [2.24, 2.45) is 23.7 Å². The second-order valence-corrected chi connectivity index (χ2v) is 9.41. The number of hydrogen-bond donors (Lipinski definition) is 0. The molecule has 2 heteroatoms. The van der Waals surface area contributed by atoms with E-state index in [1.54, 1.807) is 12.1 Å². The highest BCUT2D eigenvalue weighted by Crippen LogP contribution is 2.42. The number of unbranched alkanes of at least 4 members (excludes halogenated alkanes) is 2. The molecule has 0 heterocycles. The van der Waals surface area contributed by atoms with Crippen LogP contribution in [0.2, 0.25) is 0 Å². The molecule has 2 saturated carbocycles. The molecule has 3 rings (SSSR count). The highest BCUT2D eigenvalue weighted by atomic mass is 19.1. The van der Waals surface area contributed by atoms with Crippen molar-refractivity contribution in [2.45, 2.75) is 90.4 Å². The Morgan fingerprint density at radius 3 is 2.24 bits per heavy atom. The second-order valence-electron chi connectivity index (χ2n) is 9.41. The average molecular weight is 401 g/mol. The molecule has 0 atom stereocenters. The molecule has 0 bridgehead atoms. The molecule has 0 unspecified atom stereocenters. The van der Waals surface area contributed by atoms with E-state index in [4.69, 9.17) is 0 Å². The summed E-state index contributed by atoms with van der Waals surface area (Å²) < 4.78 is 26.5. The van der Waals surface area contributed by atoms with Crippen LogP contribution in [0.1, 0.15) is 95.1 Å². The molecular weight excluding hydrogens is 362 g/mol. The molecule has 1 aromatic carbocycles. The van der Waals surface area contributed by atoms with Gasteiger partial charge in [-0.2, -0.15) is 0 Å². The minimum atomic E-state index is -0.450. The second kappa shape index (κ2) is 11.7. The lowest BCUT2D eigenvalue weighted by Gasteiger charge is -2.37. The zero-order chi connectivity index (χ0) is 20.5. The Bertz CT molecular complexity index is 668. The molecule has 1 aromatic rings. The van der Waals surface area contributed by atoms with Gasteiger partial charge in [0, 0.05) is 12.3 Å². The van der Waals surface area contributed by atoms with Crippen LogP contribution in [0.4, 0.5) is 8.78 Å². The van der Waals surface area contributed by atoms with E-state index < -0.39 is 6.67 Å². The highest BCUT2D eigenvalue weighted by Gasteiger charge is 2.30. The fourth-order valence-corrected chi connectivity index (χ4v) is 5.47. The molecule has 0 aliphatic heterocycles. The Morgan fingerprint density at radius 1 is 0.931 bits per heavy atom. The Labute approximate surface area is 176 Å². The third-order valence-corrected chi connectivity index (χ3v) is 7.37. The van der Waals surface area contributed by atoms with Gasteiger partial charge in [0.05, 0.1) is 12.2 Å². The zero-order valence-corrected chi connectivity index (χ0v) is 18.2.